The van der Waals surface area contributed by atoms with Crippen LogP contribution >= 0.6 is 0 Å². The number of hydrogen-bond acceptors (Lipinski definition) is 8. The van der Waals surface area contributed by atoms with Gasteiger partial charge in [-0.25, -0.2) is 9.59 Å². The van der Waals surface area contributed by atoms with Crippen LogP contribution in [0, 0.1) is 23.2 Å². The second-order valence-electron chi connectivity index (χ2n) is 8.86. The third kappa shape index (κ3) is 3.26. The molecule has 2 N–H and O–H groups in total. The molecular formula is C22H30O8. The lowest BCUT2D eigenvalue weighted by atomic mass is 9.66. The summed E-state index contributed by atoms with van der Waals surface area (Å²) in [6.45, 7) is 11.9. The third-order valence-corrected chi connectivity index (χ3v) is 7.24. The van der Waals surface area contributed by atoms with Gasteiger partial charge >= 0.3 is 17.9 Å². The highest BCUT2D eigenvalue weighted by Gasteiger charge is 2.68. The summed E-state index contributed by atoms with van der Waals surface area (Å²) in [7, 11) is 0. The van der Waals surface area contributed by atoms with Crippen LogP contribution in [0.4, 0.5) is 0 Å². The number of ether oxygens (including phenoxy) is 3. The van der Waals surface area contributed by atoms with E-state index in [0.717, 1.165) is 0 Å². The molecule has 0 aromatic heterocycles. The van der Waals surface area contributed by atoms with Crippen molar-refractivity contribution in [2.75, 3.05) is 0 Å². The number of hydrogen-bond donors (Lipinski definition) is 2. The van der Waals surface area contributed by atoms with Gasteiger partial charge in [0, 0.05) is 35.8 Å². The number of carbonyl (C=O) groups is 3. The van der Waals surface area contributed by atoms with Crippen molar-refractivity contribution in [3.05, 3.63) is 23.8 Å². The van der Waals surface area contributed by atoms with Crippen molar-refractivity contribution in [1.82, 2.24) is 0 Å². The first-order valence-corrected chi connectivity index (χ1v) is 10.2. The standard InChI is InChI=1S/C22H30O8/c1-7-9(2)20(26)29-13-8-14(24)22(6)16(13)11(4)17(25)18-15(10(3)21(27)30-18)19(22)28-12(5)23/h7,11,13-19,24-25H,3,8H2,1-2,4-6H3. The number of allylic oxidation sites excluding steroid dienone is 1. The highest BCUT2D eigenvalue weighted by atomic mass is 16.6. The van der Waals surface area contributed by atoms with Crippen LogP contribution in [0.5, 0.6) is 0 Å². The minimum absolute atomic E-state index is 0.0942. The average molecular weight is 422 g/mol. The van der Waals surface area contributed by atoms with Gasteiger partial charge in [0.05, 0.1) is 18.1 Å². The van der Waals surface area contributed by atoms with Crippen LogP contribution in [0.2, 0.25) is 0 Å². The predicted octanol–water partition coefficient (Wildman–Crippen LogP) is 1.29. The fraction of sp³-hybridized carbons (Fsp3) is 0.682. The van der Waals surface area contributed by atoms with Crippen LogP contribution in [-0.2, 0) is 28.6 Å². The van der Waals surface area contributed by atoms with Gasteiger partial charge in [0.1, 0.15) is 18.3 Å². The molecule has 166 valence electrons. The normalized spacial score (nSPS) is 43.4. The maximum Gasteiger partial charge on any atom is 0.334 e. The van der Waals surface area contributed by atoms with Crippen molar-refractivity contribution >= 4 is 17.9 Å². The van der Waals surface area contributed by atoms with Gasteiger partial charge in [-0.2, -0.15) is 0 Å². The monoisotopic (exact) mass is 422 g/mol. The van der Waals surface area contributed by atoms with Crippen LogP contribution in [0.1, 0.15) is 41.0 Å². The molecule has 3 rings (SSSR count). The Balaban J connectivity index is 2.10. The summed E-state index contributed by atoms with van der Waals surface area (Å²) in [5.74, 6) is -3.64. The Hall–Kier alpha value is -2.19. The largest absolute Gasteiger partial charge is 0.461 e. The van der Waals surface area contributed by atoms with Gasteiger partial charge in [-0.1, -0.05) is 26.5 Å². The fourth-order valence-electron chi connectivity index (χ4n) is 5.52. The molecule has 1 saturated heterocycles. The van der Waals surface area contributed by atoms with Crippen LogP contribution in [0.25, 0.3) is 0 Å². The minimum atomic E-state index is -1.11. The number of esters is 3. The summed E-state index contributed by atoms with van der Waals surface area (Å²) < 4.78 is 16.8. The Morgan fingerprint density at radius 2 is 1.90 bits per heavy atom. The van der Waals surface area contributed by atoms with Crippen molar-refractivity contribution in [3.63, 3.8) is 0 Å². The number of aliphatic hydroxyl groups is 2. The molecule has 9 unspecified atom stereocenters. The first-order chi connectivity index (χ1) is 13.9. The topological polar surface area (TPSA) is 119 Å². The van der Waals surface area contributed by atoms with Gasteiger partial charge in [-0.05, 0) is 19.8 Å². The van der Waals surface area contributed by atoms with E-state index in [4.69, 9.17) is 14.2 Å². The lowest BCUT2D eigenvalue weighted by Crippen LogP contribution is -2.51. The molecule has 1 heterocycles. The molecule has 2 aliphatic carbocycles. The Bertz CT molecular complexity index is 801. The highest BCUT2D eigenvalue weighted by molar-refractivity contribution is 5.91. The molecule has 0 aromatic rings. The molecule has 3 aliphatic rings. The highest BCUT2D eigenvalue weighted by Crippen LogP contribution is 2.58. The van der Waals surface area contributed by atoms with E-state index in [1.165, 1.54) is 6.92 Å². The molecule has 0 bridgehead atoms. The van der Waals surface area contributed by atoms with Crippen molar-refractivity contribution in [1.29, 1.82) is 0 Å². The predicted molar refractivity (Wildman–Crippen MR) is 105 cm³/mol. The summed E-state index contributed by atoms with van der Waals surface area (Å²) in [5.41, 5.74) is -0.579. The molecule has 3 fully saturated rings. The second kappa shape index (κ2) is 7.81. The van der Waals surface area contributed by atoms with Crippen molar-refractivity contribution < 1.29 is 38.8 Å². The molecule has 9 atom stereocenters. The lowest BCUT2D eigenvalue weighted by molar-refractivity contribution is -0.170. The number of fused-ring (bicyclic) bond motifs is 2. The van der Waals surface area contributed by atoms with Crippen molar-refractivity contribution in [2.24, 2.45) is 23.2 Å². The minimum Gasteiger partial charge on any atom is -0.461 e. The Labute approximate surface area is 175 Å². The zero-order valence-corrected chi connectivity index (χ0v) is 18.0. The van der Waals surface area contributed by atoms with E-state index in [1.54, 1.807) is 33.8 Å². The van der Waals surface area contributed by atoms with E-state index in [-0.39, 0.29) is 12.0 Å². The molecular weight excluding hydrogens is 392 g/mol. The SMILES string of the molecule is C=C1C(=O)OC2C(O)C(C)C3C(OC(=O)C(C)=CC)CC(O)C3(C)C(OC(C)=O)C12. The molecule has 8 nitrogen and oxygen atoms in total. The van der Waals surface area contributed by atoms with E-state index in [9.17, 15) is 24.6 Å². The van der Waals surface area contributed by atoms with Gasteiger partial charge in [0.2, 0.25) is 0 Å². The summed E-state index contributed by atoms with van der Waals surface area (Å²) in [6, 6.07) is 0. The molecule has 30 heavy (non-hydrogen) atoms. The Morgan fingerprint density at radius 1 is 1.27 bits per heavy atom. The summed E-state index contributed by atoms with van der Waals surface area (Å²) >= 11 is 0. The third-order valence-electron chi connectivity index (χ3n) is 7.24. The van der Waals surface area contributed by atoms with E-state index in [1.807, 2.05) is 0 Å². The van der Waals surface area contributed by atoms with Gasteiger partial charge in [-0.3, -0.25) is 4.79 Å². The molecule has 8 heteroatoms. The molecule has 2 saturated carbocycles. The second-order valence-corrected chi connectivity index (χ2v) is 8.86. The van der Waals surface area contributed by atoms with Crippen molar-refractivity contribution in [3.8, 4) is 0 Å². The summed E-state index contributed by atoms with van der Waals surface area (Å²) in [6.07, 6.45) is -3.02. The number of aliphatic hydroxyl groups excluding tert-OH is 2. The van der Waals surface area contributed by atoms with Crippen LogP contribution < -0.4 is 0 Å². The molecule has 0 aromatic carbocycles. The first-order valence-electron chi connectivity index (χ1n) is 10.2. The van der Waals surface area contributed by atoms with Gasteiger partial charge < -0.3 is 24.4 Å². The van der Waals surface area contributed by atoms with E-state index >= 15 is 0 Å². The molecule has 0 spiro atoms. The van der Waals surface area contributed by atoms with Gasteiger partial charge in [-0.15, -0.1) is 0 Å². The summed E-state index contributed by atoms with van der Waals surface area (Å²) in [4.78, 5) is 36.6. The number of carbonyl (C=O) groups excluding carboxylic acids is 3. The quantitative estimate of drug-likeness (QED) is 0.397. The first kappa shape index (κ1) is 22.5. The fourth-order valence-corrected chi connectivity index (χ4v) is 5.52. The van der Waals surface area contributed by atoms with E-state index < -0.39 is 71.6 Å². The van der Waals surface area contributed by atoms with E-state index in [0.29, 0.717) is 5.57 Å². The summed E-state index contributed by atoms with van der Waals surface area (Å²) in [5, 5.41) is 22.2. The van der Waals surface area contributed by atoms with Crippen molar-refractivity contribution in [2.45, 2.75) is 71.6 Å². The van der Waals surface area contributed by atoms with Crippen LogP contribution in [0.15, 0.2) is 23.8 Å². The van der Waals surface area contributed by atoms with Crippen LogP contribution in [0.3, 0.4) is 0 Å². The molecule has 0 radical (unpaired) electrons. The molecule has 0 amide bonds. The molecule has 1 aliphatic heterocycles. The average Bonchev–Trinajstić information content (AvgIpc) is 3.09. The van der Waals surface area contributed by atoms with Gasteiger partial charge in [0.15, 0.2) is 0 Å². The maximum absolute atomic E-state index is 12.4. The zero-order valence-electron chi connectivity index (χ0n) is 18.0. The Kier molecular flexibility index (Phi) is 5.86. The van der Waals surface area contributed by atoms with E-state index in [2.05, 4.69) is 6.58 Å². The Morgan fingerprint density at radius 3 is 2.47 bits per heavy atom. The zero-order chi connectivity index (χ0) is 22.5. The van der Waals surface area contributed by atoms with Crippen LogP contribution in [-0.4, -0.2) is 58.6 Å². The lowest BCUT2D eigenvalue weighted by Gasteiger charge is -2.43. The smallest absolute Gasteiger partial charge is 0.334 e. The maximum atomic E-state index is 12.4. The number of rotatable bonds is 3. The van der Waals surface area contributed by atoms with Gasteiger partial charge in [0.25, 0.3) is 0 Å².